The van der Waals surface area contributed by atoms with Gasteiger partial charge < -0.3 is 18.9 Å². The fourth-order valence-corrected chi connectivity index (χ4v) is 4.39. The lowest BCUT2D eigenvalue weighted by Gasteiger charge is -2.44. The Morgan fingerprint density at radius 3 is 1.40 bits per heavy atom. The lowest BCUT2D eigenvalue weighted by Crippen LogP contribution is -2.40. The second-order valence-electron chi connectivity index (χ2n) is 10.1. The molecule has 4 rings (SSSR count). The maximum absolute atomic E-state index is 5.97. The smallest absolute Gasteiger partial charge is 0.122 e. The molecule has 0 radical (unpaired) electrons. The van der Waals surface area contributed by atoms with Crippen molar-refractivity contribution in [2.24, 2.45) is 10.8 Å². The number of aryl methyl sites for hydroxylation is 2. The molecule has 2 fully saturated rings. The molecule has 0 saturated carbocycles. The quantitative estimate of drug-likeness (QED) is 0.528. The summed E-state index contributed by atoms with van der Waals surface area (Å²) in [6, 6.07) is 12.7. The van der Waals surface area contributed by atoms with Gasteiger partial charge in [-0.05, 0) is 60.4 Å². The molecular formula is C26H34O4. The van der Waals surface area contributed by atoms with E-state index >= 15 is 0 Å². The first-order valence-corrected chi connectivity index (χ1v) is 10.9. The van der Waals surface area contributed by atoms with Crippen LogP contribution in [0, 0.1) is 24.7 Å². The molecule has 4 heteroatoms. The number of hydrogen-bond acceptors (Lipinski definition) is 4. The summed E-state index contributed by atoms with van der Waals surface area (Å²) in [5, 5.41) is 0. The Hall–Kier alpha value is -2.04. The fraction of sp³-hybridized carbons (Fsp3) is 0.538. The molecule has 4 nitrogen and oxygen atoms in total. The summed E-state index contributed by atoms with van der Waals surface area (Å²) >= 11 is 0. The van der Waals surface area contributed by atoms with Gasteiger partial charge in [0, 0.05) is 10.8 Å². The van der Waals surface area contributed by atoms with Crippen LogP contribution in [0.15, 0.2) is 36.4 Å². The zero-order valence-corrected chi connectivity index (χ0v) is 19.1. The minimum Gasteiger partial charge on any atom is -0.490 e. The average Bonchev–Trinajstić information content (AvgIpc) is 2.66. The van der Waals surface area contributed by atoms with Crippen LogP contribution in [0.25, 0.3) is 0 Å². The third-order valence-electron chi connectivity index (χ3n) is 6.27. The van der Waals surface area contributed by atoms with Gasteiger partial charge in [0.25, 0.3) is 0 Å². The molecular weight excluding hydrogens is 376 g/mol. The Kier molecular flexibility index (Phi) is 5.58. The van der Waals surface area contributed by atoms with Gasteiger partial charge in [0.15, 0.2) is 0 Å². The molecule has 2 atom stereocenters. The lowest BCUT2D eigenvalue weighted by molar-refractivity contribution is -0.172. The molecule has 2 aromatic carbocycles. The van der Waals surface area contributed by atoms with Crippen LogP contribution >= 0.6 is 0 Å². The SMILES string of the molecule is Cc1cc(C2OCC2(C)C)ccc1OCCOc1ccc(C2OCC2(C)C)cc1C. The molecule has 0 amide bonds. The Morgan fingerprint density at radius 2 is 1.13 bits per heavy atom. The zero-order valence-electron chi connectivity index (χ0n) is 19.1. The van der Waals surface area contributed by atoms with Crippen molar-refractivity contribution in [1.29, 1.82) is 0 Å². The molecule has 0 N–H and O–H groups in total. The van der Waals surface area contributed by atoms with Gasteiger partial charge in [-0.1, -0.05) is 39.8 Å². The predicted molar refractivity (Wildman–Crippen MR) is 118 cm³/mol. The Balaban J connectivity index is 1.29. The van der Waals surface area contributed by atoms with E-state index in [2.05, 4.69) is 65.8 Å². The molecule has 162 valence electrons. The normalized spacial score (nSPS) is 23.9. The van der Waals surface area contributed by atoms with Crippen LogP contribution in [0.2, 0.25) is 0 Å². The molecule has 2 unspecified atom stereocenters. The van der Waals surface area contributed by atoms with Gasteiger partial charge >= 0.3 is 0 Å². The number of rotatable bonds is 7. The number of ether oxygens (including phenoxy) is 4. The van der Waals surface area contributed by atoms with Crippen molar-refractivity contribution in [3.63, 3.8) is 0 Å². The third kappa shape index (κ3) is 4.08. The first kappa shape index (κ1) is 21.2. The molecule has 30 heavy (non-hydrogen) atoms. The number of hydrogen-bond donors (Lipinski definition) is 0. The standard InChI is InChI=1S/C26H34O4/c1-17-13-19(23-25(3,4)15-29-23)7-9-21(17)27-11-12-28-22-10-8-20(14-18(22)2)24-26(5,6)16-30-24/h7-10,13-14,23-24H,11-12,15-16H2,1-6H3. The van der Waals surface area contributed by atoms with Gasteiger partial charge in [-0.3, -0.25) is 0 Å². The highest BCUT2D eigenvalue weighted by Gasteiger charge is 2.42. The van der Waals surface area contributed by atoms with E-state index in [1.165, 1.54) is 11.1 Å². The van der Waals surface area contributed by atoms with E-state index in [9.17, 15) is 0 Å². The van der Waals surface area contributed by atoms with Gasteiger partial charge in [-0.25, -0.2) is 0 Å². The fourth-order valence-electron chi connectivity index (χ4n) is 4.39. The highest BCUT2D eigenvalue weighted by atomic mass is 16.5. The van der Waals surface area contributed by atoms with Crippen LogP contribution in [0.4, 0.5) is 0 Å². The summed E-state index contributed by atoms with van der Waals surface area (Å²) in [6.07, 6.45) is 0.353. The van der Waals surface area contributed by atoms with Crippen molar-refractivity contribution < 1.29 is 18.9 Å². The number of benzene rings is 2. The van der Waals surface area contributed by atoms with E-state index in [1.807, 2.05) is 12.1 Å². The summed E-state index contributed by atoms with van der Waals surface area (Å²) in [5.41, 5.74) is 5.11. The molecule has 2 aliphatic rings. The summed E-state index contributed by atoms with van der Waals surface area (Å²) in [6.45, 7) is 15.8. The minimum atomic E-state index is 0.176. The van der Waals surface area contributed by atoms with Gasteiger partial charge in [-0.15, -0.1) is 0 Å². The van der Waals surface area contributed by atoms with Crippen molar-refractivity contribution in [2.45, 2.75) is 53.8 Å². The van der Waals surface area contributed by atoms with Crippen LogP contribution in [0.5, 0.6) is 11.5 Å². The highest BCUT2D eigenvalue weighted by Crippen LogP contribution is 2.47. The molecule has 0 aromatic heterocycles. The summed E-state index contributed by atoms with van der Waals surface area (Å²) in [7, 11) is 0. The summed E-state index contributed by atoms with van der Waals surface area (Å²) in [5.74, 6) is 1.80. The summed E-state index contributed by atoms with van der Waals surface area (Å²) < 4.78 is 23.5. The van der Waals surface area contributed by atoms with E-state index < -0.39 is 0 Å². The van der Waals surface area contributed by atoms with E-state index in [4.69, 9.17) is 18.9 Å². The molecule has 2 saturated heterocycles. The van der Waals surface area contributed by atoms with E-state index in [0.717, 1.165) is 35.8 Å². The van der Waals surface area contributed by atoms with Crippen LogP contribution < -0.4 is 9.47 Å². The van der Waals surface area contributed by atoms with Crippen molar-refractivity contribution in [3.8, 4) is 11.5 Å². The van der Waals surface area contributed by atoms with Crippen LogP contribution in [0.3, 0.4) is 0 Å². The van der Waals surface area contributed by atoms with Crippen LogP contribution in [-0.2, 0) is 9.47 Å². The van der Waals surface area contributed by atoms with Crippen molar-refractivity contribution >= 4 is 0 Å². The second kappa shape index (κ2) is 7.90. The molecule has 2 aromatic rings. The highest BCUT2D eigenvalue weighted by molar-refractivity contribution is 5.39. The average molecular weight is 411 g/mol. The van der Waals surface area contributed by atoms with Crippen molar-refractivity contribution in [1.82, 2.24) is 0 Å². The van der Waals surface area contributed by atoms with Gasteiger partial charge in [-0.2, -0.15) is 0 Å². The lowest BCUT2D eigenvalue weighted by atomic mass is 9.78. The molecule has 2 heterocycles. The second-order valence-corrected chi connectivity index (χ2v) is 10.1. The van der Waals surface area contributed by atoms with Crippen molar-refractivity contribution in [2.75, 3.05) is 26.4 Å². The maximum Gasteiger partial charge on any atom is 0.122 e. The zero-order chi connectivity index (χ0) is 21.5. The maximum atomic E-state index is 5.97. The first-order valence-electron chi connectivity index (χ1n) is 10.9. The largest absolute Gasteiger partial charge is 0.490 e. The molecule has 0 spiro atoms. The van der Waals surface area contributed by atoms with Crippen molar-refractivity contribution in [3.05, 3.63) is 58.7 Å². The minimum absolute atomic E-state index is 0.176. The van der Waals surface area contributed by atoms with Crippen LogP contribution in [0.1, 0.15) is 62.2 Å². The van der Waals surface area contributed by atoms with Gasteiger partial charge in [0.2, 0.25) is 0 Å². The first-order chi connectivity index (χ1) is 14.2. The third-order valence-corrected chi connectivity index (χ3v) is 6.27. The van der Waals surface area contributed by atoms with Crippen LogP contribution in [-0.4, -0.2) is 26.4 Å². The Morgan fingerprint density at radius 1 is 0.733 bits per heavy atom. The monoisotopic (exact) mass is 410 g/mol. The Labute approximate surface area is 180 Å². The van der Waals surface area contributed by atoms with Gasteiger partial charge in [0.1, 0.15) is 24.7 Å². The molecule has 0 aliphatic carbocycles. The van der Waals surface area contributed by atoms with E-state index in [0.29, 0.717) is 13.2 Å². The Bertz CT molecular complexity index is 840. The molecule has 0 bridgehead atoms. The van der Waals surface area contributed by atoms with E-state index in [1.54, 1.807) is 0 Å². The predicted octanol–water partition coefficient (Wildman–Crippen LogP) is 5.96. The molecule has 2 aliphatic heterocycles. The van der Waals surface area contributed by atoms with E-state index in [-0.39, 0.29) is 23.0 Å². The summed E-state index contributed by atoms with van der Waals surface area (Å²) in [4.78, 5) is 0. The van der Waals surface area contributed by atoms with Gasteiger partial charge in [0.05, 0.1) is 25.4 Å². The topological polar surface area (TPSA) is 36.9 Å².